The zero-order chi connectivity index (χ0) is 28.5. The van der Waals surface area contributed by atoms with Gasteiger partial charge in [-0.05, 0) is 67.0 Å². The number of benzene rings is 2. The SMILES string of the molecule is CCC1(CC)c2cc(C(N)=O)ccc2C[C@H](OC)[C@H]1NCC[C@H](CC1CCCCC1)C(=O)OCc1ccccc1.Cl. The quantitative estimate of drug-likeness (QED) is 0.262. The van der Waals surface area contributed by atoms with E-state index in [-0.39, 0.29) is 41.9 Å². The second-order valence-electron chi connectivity index (χ2n) is 11.8. The van der Waals surface area contributed by atoms with Gasteiger partial charge in [0.25, 0.3) is 0 Å². The van der Waals surface area contributed by atoms with Crippen LogP contribution in [0.3, 0.4) is 0 Å². The van der Waals surface area contributed by atoms with Crippen LogP contribution in [0.15, 0.2) is 48.5 Å². The molecule has 2 aliphatic carbocycles. The zero-order valence-corrected chi connectivity index (χ0v) is 25.8. The molecule has 226 valence electrons. The molecule has 6 nitrogen and oxygen atoms in total. The molecule has 1 saturated carbocycles. The molecule has 0 saturated heterocycles. The molecule has 0 bridgehead atoms. The zero-order valence-electron chi connectivity index (χ0n) is 25.0. The molecule has 0 aromatic heterocycles. The molecule has 0 heterocycles. The summed E-state index contributed by atoms with van der Waals surface area (Å²) in [5, 5.41) is 3.85. The standard InChI is InChI=1S/C34H48N2O4.ClH/c1-4-34(5-2)29-21-27(32(35)37)17-16-26(29)22-30(39-3)31(34)36-19-18-28(20-24-12-8-6-9-13-24)33(38)40-23-25-14-10-7-11-15-25;/h7,10-11,14-17,21,24,28,30-31,36H,4-6,8-9,12-13,18-20,22-23H2,1-3H3,(H2,35,37);1H/t28-,30+,31-;/m1./s1. The number of nitrogens with two attached hydrogens (primary N) is 1. The van der Waals surface area contributed by atoms with Gasteiger partial charge < -0.3 is 20.5 Å². The summed E-state index contributed by atoms with van der Waals surface area (Å²) in [5.74, 6) is -0.0251. The van der Waals surface area contributed by atoms with E-state index in [0.29, 0.717) is 24.6 Å². The first-order chi connectivity index (χ1) is 19.4. The molecule has 1 amide bonds. The van der Waals surface area contributed by atoms with Gasteiger partial charge >= 0.3 is 5.97 Å². The Kier molecular flexibility index (Phi) is 12.7. The van der Waals surface area contributed by atoms with Crippen molar-refractivity contribution >= 4 is 24.3 Å². The molecule has 4 rings (SSSR count). The van der Waals surface area contributed by atoms with Crippen LogP contribution in [0.25, 0.3) is 0 Å². The van der Waals surface area contributed by atoms with Crippen molar-refractivity contribution in [2.24, 2.45) is 17.6 Å². The van der Waals surface area contributed by atoms with Crippen molar-refractivity contribution in [1.82, 2.24) is 5.32 Å². The van der Waals surface area contributed by atoms with E-state index in [0.717, 1.165) is 37.7 Å². The van der Waals surface area contributed by atoms with Gasteiger partial charge in [-0.1, -0.05) is 82.3 Å². The summed E-state index contributed by atoms with van der Waals surface area (Å²) in [7, 11) is 1.78. The minimum Gasteiger partial charge on any atom is -0.461 e. The number of carbonyl (C=O) groups excluding carboxylic acids is 2. The molecular weight excluding hydrogens is 536 g/mol. The lowest BCUT2D eigenvalue weighted by molar-refractivity contribution is -0.151. The summed E-state index contributed by atoms with van der Waals surface area (Å²) in [4.78, 5) is 25.4. The van der Waals surface area contributed by atoms with Gasteiger partial charge in [0, 0.05) is 30.6 Å². The first kappa shape index (κ1) is 33.1. The first-order valence-corrected chi connectivity index (χ1v) is 15.3. The Hall–Kier alpha value is -2.41. The van der Waals surface area contributed by atoms with Crippen LogP contribution in [0.1, 0.15) is 98.7 Å². The lowest BCUT2D eigenvalue weighted by Crippen LogP contribution is -2.59. The molecule has 3 N–H and O–H groups in total. The fourth-order valence-electron chi connectivity index (χ4n) is 7.26. The van der Waals surface area contributed by atoms with Crippen LogP contribution >= 0.6 is 12.4 Å². The fraction of sp³-hybridized carbons (Fsp3) is 0.588. The maximum Gasteiger partial charge on any atom is 0.309 e. The van der Waals surface area contributed by atoms with Gasteiger partial charge in [-0.3, -0.25) is 9.59 Å². The van der Waals surface area contributed by atoms with Crippen LogP contribution in [0, 0.1) is 11.8 Å². The molecule has 7 heteroatoms. The van der Waals surface area contributed by atoms with Crippen molar-refractivity contribution in [3.8, 4) is 0 Å². The monoisotopic (exact) mass is 584 g/mol. The van der Waals surface area contributed by atoms with E-state index in [4.69, 9.17) is 15.2 Å². The second kappa shape index (κ2) is 15.7. The van der Waals surface area contributed by atoms with E-state index in [1.54, 1.807) is 7.11 Å². The van der Waals surface area contributed by atoms with Gasteiger partial charge in [-0.25, -0.2) is 0 Å². The number of hydrogen-bond acceptors (Lipinski definition) is 5. The van der Waals surface area contributed by atoms with Crippen molar-refractivity contribution in [2.75, 3.05) is 13.7 Å². The number of amides is 1. The largest absolute Gasteiger partial charge is 0.461 e. The van der Waals surface area contributed by atoms with Crippen LogP contribution in [-0.2, 0) is 32.7 Å². The average Bonchev–Trinajstić information content (AvgIpc) is 2.99. The Morgan fingerprint density at radius 3 is 2.39 bits per heavy atom. The van der Waals surface area contributed by atoms with Gasteiger partial charge in [0.15, 0.2) is 0 Å². The van der Waals surface area contributed by atoms with Gasteiger partial charge in [-0.15, -0.1) is 12.4 Å². The number of carbonyl (C=O) groups is 2. The molecule has 41 heavy (non-hydrogen) atoms. The Morgan fingerprint density at radius 1 is 1.05 bits per heavy atom. The van der Waals surface area contributed by atoms with Gasteiger partial charge in [0.2, 0.25) is 5.91 Å². The summed E-state index contributed by atoms with van der Waals surface area (Å²) < 4.78 is 11.9. The number of fused-ring (bicyclic) bond motifs is 1. The number of halogens is 1. The van der Waals surface area contributed by atoms with E-state index in [1.165, 1.54) is 43.2 Å². The number of esters is 1. The lowest BCUT2D eigenvalue weighted by Gasteiger charge is -2.49. The van der Waals surface area contributed by atoms with Crippen LogP contribution in [0.4, 0.5) is 0 Å². The second-order valence-corrected chi connectivity index (χ2v) is 11.8. The Morgan fingerprint density at radius 2 is 1.76 bits per heavy atom. The predicted octanol–water partition coefficient (Wildman–Crippen LogP) is 6.51. The number of ether oxygens (including phenoxy) is 2. The maximum absolute atomic E-state index is 13.4. The van der Waals surface area contributed by atoms with Crippen molar-refractivity contribution in [3.05, 3.63) is 70.8 Å². The number of methoxy groups -OCH3 is 1. The Balaban J connectivity index is 0.00000462. The molecule has 0 unspecified atom stereocenters. The van der Waals surface area contributed by atoms with Crippen molar-refractivity contribution in [3.63, 3.8) is 0 Å². The number of hydrogen-bond donors (Lipinski definition) is 2. The lowest BCUT2D eigenvalue weighted by atomic mass is 9.62. The highest BCUT2D eigenvalue weighted by Crippen LogP contribution is 2.44. The highest BCUT2D eigenvalue weighted by Gasteiger charge is 2.47. The van der Waals surface area contributed by atoms with E-state index in [9.17, 15) is 9.59 Å². The molecule has 0 spiro atoms. The molecule has 2 aromatic rings. The summed E-state index contributed by atoms with van der Waals surface area (Å²) in [6.45, 7) is 5.44. The molecule has 3 atom stereocenters. The fourth-order valence-corrected chi connectivity index (χ4v) is 7.26. The van der Waals surface area contributed by atoms with Gasteiger partial charge in [0.05, 0.1) is 12.0 Å². The predicted molar refractivity (Wildman–Crippen MR) is 166 cm³/mol. The highest BCUT2D eigenvalue weighted by atomic mass is 35.5. The Bertz CT molecular complexity index is 1110. The van der Waals surface area contributed by atoms with E-state index >= 15 is 0 Å². The minimum absolute atomic E-state index is 0. The first-order valence-electron chi connectivity index (χ1n) is 15.3. The normalized spacial score (nSPS) is 20.9. The average molecular weight is 585 g/mol. The third-order valence-corrected chi connectivity index (χ3v) is 9.64. The van der Waals surface area contributed by atoms with Crippen molar-refractivity contribution in [2.45, 2.75) is 102 Å². The number of primary amides is 1. The van der Waals surface area contributed by atoms with Crippen LogP contribution in [0.5, 0.6) is 0 Å². The smallest absolute Gasteiger partial charge is 0.309 e. The Labute approximate surface area is 252 Å². The molecule has 2 aromatic carbocycles. The van der Waals surface area contributed by atoms with E-state index in [1.807, 2.05) is 48.5 Å². The van der Waals surface area contributed by atoms with Crippen molar-refractivity contribution in [1.29, 1.82) is 0 Å². The molecular formula is C34H49ClN2O4. The molecule has 0 aliphatic heterocycles. The molecule has 2 aliphatic rings. The third-order valence-electron chi connectivity index (χ3n) is 9.64. The van der Waals surface area contributed by atoms with Crippen LogP contribution < -0.4 is 11.1 Å². The maximum atomic E-state index is 13.4. The van der Waals surface area contributed by atoms with Crippen LogP contribution in [0.2, 0.25) is 0 Å². The number of nitrogens with one attached hydrogen (secondary N) is 1. The molecule has 1 fully saturated rings. The van der Waals surface area contributed by atoms with Gasteiger partial charge in [0.1, 0.15) is 6.61 Å². The highest BCUT2D eigenvalue weighted by molar-refractivity contribution is 5.93. The third kappa shape index (κ3) is 7.91. The topological polar surface area (TPSA) is 90.7 Å². The summed E-state index contributed by atoms with van der Waals surface area (Å²) in [5.41, 5.74) is 9.44. The van der Waals surface area contributed by atoms with E-state index < -0.39 is 5.91 Å². The van der Waals surface area contributed by atoms with Crippen LogP contribution in [-0.4, -0.2) is 37.7 Å². The summed E-state index contributed by atoms with van der Waals surface area (Å²) in [6.07, 6.45) is 10.4. The molecule has 0 radical (unpaired) electrons. The summed E-state index contributed by atoms with van der Waals surface area (Å²) in [6, 6.07) is 15.8. The minimum atomic E-state index is -0.401. The summed E-state index contributed by atoms with van der Waals surface area (Å²) >= 11 is 0. The number of rotatable bonds is 13. The van der Waals surface area contributed by atoms with Crippen molar-refractivity contribution < 1.29 is 19.1 Å². The van der Waals surface area contributed by atoms with Gasteiger partial charge in [-0.2, -0.15) is 0 Å². The van der Waals surface area contributed by atoms with E-state index in [2.05, 4.69) is 19.2 Å².